The molecule has 0 aromatic heterocycles. The first-order chi connectivity index (χ1) is 48.2. The molecular weight excluding hydrogens is 1320 g/mol. The van der Waals surface area contributed by atoms with Crippen LogP contribution in [0, 0.1) is 5.92 Å². The number of allylic oxidation sites excluding steroid dienone is 2. The van der Waals surface area contributed by atoms with Crippen LogP contribution in [0.15, 0.2) is 12.2 Å². The minimum Gasteiger partial charge on any atom is -0.463 e. The molecule has 0 bridgehead atoms. The highest BCUT2D eigenvalue weighted by atomic mass is 31.2. The molecule has 24 nitrogen and oxygen atoms in total. The van der Waals surface area contributed by atoms with E-state index in [1.807, 2.05) is 0 Å². The number of carbonyl (C=O) groups excluding carboxylic acids is 3. The third-order valence-electron chi connectivity index (χ3n) is 19.7. The van der Waals surface area contributed by atoms with E-state index < -0.39 is 156 Å². The van der Waals surface area contributed by atoms with E-state index in [9.17, 15) is 74.9 Å². The van der Waals surface area contributed by atoms with Crippen LogP contribution in [0.3, 0.4) is 0 Å². The predicted octanol–water partition coefficient (Wildman–Crippen LogP) is 11.4. The topological polar surface area (TPSA) is 374 Å². The maximum absolute atomic E-state index is 14.4. The summed E-state index contributed by atoms with van der Waals surface area (Å²) in [4.78, 5) is 51.1. The molecule has 0 aromatic carbocycles. The van der Waals surface area contributed by atoms with Gasteiger partial charge in [0, 0.05) is 19.3 Å². The van der Waals surface area contributed by atoms with Crippen molar-refractivity contribution >= 4 is 25.7 Å². The summed E-state index contributed by atoms with van der Waals surface area (Å²) in [5, 5.41) is 110. The number of ether oxygens (including phenoxy) is 7. The van der Waals surface area contributed by atoms with Crippen LogP contribution < -0.4 is 0 Å². The zero-order valence-electron chi connectivity index (χ0n) is 61.7. The first kappa shape index (κ1) is 91.9. The summed E-state index contributed by atoms with van der Waals surface area (Å²) in [7, 11) is -5.70. The van der Waals surface area contributed by atoms with Gasteiger partial charge in [-0.05, 0) is 50.9 Å². The second-order valence-corrected chi connectivity index (χ2v) is 30.1. The minimum atomic E-state index is -5.70. The summed E-state index contributed by atoms with van der Waals surface area (Å²) in [5.74, 6) is -1.29. The van der Waals surface area contributed by atoms with E-state index in [2.05, 4.69) is 39.8 Å². The molecule has 11 N–H and O–H groups in total. The quantitative estimate of drug-likeness (QED) is 0.00886. The lowest BCUT2D eigenvalue weighted by Gasteiger charge is -2.49. The van der Waals surface area contributed by atoms with Gasteiger partial charge in [0.15, 0.2) is 18.7 Å². The Morgan fingerprint density at radius 1 is 0.410 bits per heavy atom. The Morgan fingerprint density at radius 3 is 1.19 bits per heavy atom. The van der Waals surface area contributed by atoms with Gasteiger partial charge in [0.1, 0.15) is 98.7 Å². The molecule has 3 rings (SSSR count). The molecule has 3 aliphatic rings. The first-order valence-corrected chi connectivity index (χ1v) is 40.9. The highest BCUT2D eigenvalue weighted by molar-refractivity contribution is 7.47. The van der Waals surface area contributed by atoms with Gasteiger partial charge in [-0.1, -0.05) is 258 Å². The van der Waals surface area contributed by atoms with Crippen molar-refractivity contribution in [3.63, 3.8) is 0 Å². The van der Waals surface area contributed by atoms with Crippen molar-refractivity contribution < 1.29 is 117 Å². The highest BCUT2D eigenvalue weighted by Crippen LogP contribution is 2.49. The Kier molecular flexibility index (Phi) is 51.5. The molecule has 1 aliphatic carbocycles. The van der Waals surface area contributed by atoms with Gasteiger partial charge in [0.05, 0.1) is 13.2 Å². The largest absolute Gasteiger partial charge is 0.472 e. The number of rotatable bonds is 61. The third kappa shape index (κ3) is 38.8. The molecule has 0 spiro atoms. The van der Waals surface area contributed by atoms with Crippen LogP contribution in [0.5, 0.6) is 0 Å². The number of aliphatic hydroxyl groups is 10. The fourth-order valence-electron chi connectivity index (χ4n) is 13.2. The smallest absolute Gasteiger partial charge is 0.463 e. The molecule has 2 heterocycles. The summed E-state index contributed by atoms with van der Waals surface area (Å²) in [5.41, 5.74) is 0. The molecule has 100 heavy (non-hydrogen) atoms. The van der Waals surface area contributed by atoms with Crippen molar-refractivity contribution in [3.05, 3.63) is 12.2 Å². The minimum absolute atomic E-state index is 0.0297. The van der Waals surface area contributed by atoms with E-state index in [4.69, 9.17) is 42.2 Å². The third-order valence-corrected chi connectivity index (χ3v) is 20.7. The Morgan fingerprint density at radius 2 is 0.760 bits per heavy atom. The molecule has 0 amide bonds. The lowest BCUT2D eigenvalue weighted by atomic mass is 9.84. The molecule has 0 aromatic rings. The summed E-state index contributed by atoms with van der Waals surface area (Å²) in [6.45, 7) is 5.78. The maximum atomic E-state index is 14.4. The summed E-state index contributed by atoms with van der Waals surface area (Å²) >= 11 is 0. The molecule has 2 saturated heterocycles. The average molecular weight is 1460 g/mol. The maximum Gasteiger partial charge on any atom is 0.472 e. The van der Waals surface area contributed by atoms with Crippen LogP contribution in [0.4, 0.5) is 0 Å². The zero-order valence-corrected chi connectivity index (χ0v) is 62.6. The molecule has 0 radical (unpaired) electrons. The monoisotopic (exact) mass is 1450 g/mol. The van der Waals surface area contributed by atoms with Crippen molar-refractivity contribution in [1.29, 1.82) is 0 Å². The lowest BCUT2D eigenvalue weighted by molar-refractivity contribution is -0.360. The number of aliphatic hydroxyl groups excluding tert-OH is 10. The van der Waals surface area contributed by atoms with Crippen LogP contribution in [-0.4, -0.2) is 204 Å². The molecule has 19 atom stereocenters. The van der Waals surface area contributed by atoms with E-state index in [1.54, 1.807) is 0 Å². The van der Waals surface area contributed by atoms with Gasteiger partial charge >= 0.3 is 25.7 Å². The van der Waals surface area contributed by atoms with E-state index in [-0.39, 0.29) is 19.3 Å². The first-order valence-electron chi connectivity index (χ1n) is 39.4. The Labute approximate surface area is 599 Å². The second kappa shape index (κ2) is 56.1. The van der Waals surface area contributed by atoms with Crippen molar-refractivity contribution in [2.45, 2.75) is 414 Å². The Balaban J connectivity index is 1.72. The predicted molar refractivity (Wildman–Crippen MR) is 379 cm³/mol. The standard InChI is InChI=1S/C75H139O24P/c1-5-8-11-14-17-19-21-23-25-27-29-31-33-40-45-50-61(79)94-56(52-91-59(77)48-43-38-32-30-28-26-24-22-20-18-15-12-9-6-2)53-93-100(89,90)99-73-71(97-74-69(87)64(82)62(80)57(51-76)95-74)67(85)66(84)68(86)72(73)98-75-70(88)65(83)63(81)58(96-75)54-92-60(78)49-44-39-35-34-37-42-47-55(4)46-41-36-16-13-10-7-3/h19,21,55-58,62-76,80-88H,5-18,20,22-54H2,1-4H3,(H,89,90)/b21-19-. The number of hydrogen-bond donors (Lipinski definition) is 11. The SMILES string of the molecule is CCCCCC/C=C\CCCCCCCCCC(=O)OC(COC(=O)CCCCCCCCCCCCCCCC)COP(=O)(O)OC1C(OC2OC(CO)C(O)C(O)C2O)C(O)C(O)C(O)C1OC1OC(COC(=O)CCCCCCCCC(C)CCCCCCCC)C(O)C(O)C1O. The normalized spacial score (nSPS) is 27.7. The number of esters is 3. The highest BCUT2D eigenvalue weighted by Gasteiger charge is 2.58. The van der Waals surface area contributed by atoms with Crippen LogP contribution >= 0.6 is 7.82 Å². The van der Waals surface area contributed by atoms with E-state index in [0.29, 0.717) is 25.2 Å². The van der Waals surface area contributed by atoms with Crippen molar-refractivity contribution in [3.8, 4) is 0 Å². The Hall–Kier alpha value is -2.30. The molecule has 19 unspecified atom stereocenters. The van der Waals surface area contributed by atoms with E-state index in [1.165, 1.54) is 135 Å². The number of carbonyl (C=O) groups is 3. The van der Waals surface area contributed by atoms with Crippen LogP contribution in [0.2, 0.25) is 0 Å². The fraction of sp³-hybridized carbons (Fsp3) is 0.933. The number of phosphoric ester groups is 1. The fourth-order valence-corrected chi connectivity index (χ4v) is 14.1. The molecule has 25 heteroatoms. The summed E-state index contributed by atoms with van der Waals surface area (Å²) in [6.07, 6.45) is 14.1. The molecule has 3 fully saturated rings. The van der Waals surface area contributed by atoms with Crippen LogP contribution in [0.25, 0.3) is 0 Å². The summed E-state index contributed by atoms with van der Waals surface area (Å²) < 4.78 is 65.1. The summed E-state index contributed by atoms with van der Waals surface area (Å²) in [6, 6.07) is 0. The van der Waals surface area contributed by atoms with Gasteiger partial charge in [-0.2, -0.15) is 0 Å². The van der Waals surface area contributed by atoms with Crippen LogP contribution in [0.1, 0.15) is 310 Å². The van der Waals surface area contributed by atoms with Gasteiger partial charge in [0.25, 0.3) is 0 Å². The lowest BCUT2D eigenvalue weighted by Crippen LogP contribution is -2.69. The second-order valence-electron chi connectivity index (χ2n) is 28.7. The molecular formula is C75H139O24P. The molecule has 1 saturated carbocycles. The van der Waals surface area contributed by atoms with Gasteiger partial charge in [-0.15, -0.1) is 0 Å². The Bertz CT molecular complexity index is 2130. The van der Waals surface area contributed by atoms with E-state index in [0.717, 1.165) is 109 Å². The average Bonchev–Trinajstić information content (AvgIpc) is 0.763. The zero-order chi connectivity index (χ0) is 73.3. The van der Waals surface area contributed by atoms with Gasteiger partial charge in [0.2, 0.25) is 0 Å². The number of phosphoric acid groups is 1. The number of hydrogen-bond acceptors (Lipinski definition) is 23. The van der Waals surface area contributed by atoms with Crippen molar-refractivity contribution in [2.75, 3.05) is 26.4 Å². The van der Waals surface area contributed by atoms with Crippen molar-refractivity contribution in [2.24, 2.45) is 5.92 Å². The van der Waals surface area contributed by atoms with Crippen molar-refractivity contribution in [1.82, 2.24) is 0 Å². The van der Waals surface area contributed by atoms with Gasteiger partial charge in [-0.25, -0.2) is 4.57 Å². The molecule has 588 valence electrons. The number of unbranched alkanes of at least 4 members (excludes halogenated alkanes) is 34. The van der Waals surface area contributed by atoms with Gasteiger partial charge < -0.3 is 89.1 Å². The van der Waals surface area contributed by atoms with Crippen LogP contribution in [-0.2, 0) is 61.2 Å². The molecule has 2 aliphatic heterocycles. The van der Waals surface area contributed by atoms with E-state index >= 15 is 0 Å². The van der Waals surface area contributed by atoms with Gasteiger partial charge in [-0.3, -0.25) is 23.4 Å².